The van der Waals surface area contributed by atoms with E-state index in [1.807, 2.05) is 54.6 Å². The number of hydrogen-bond donors (Lipinski definition) is 2. The lowest BCUT2D eigenvalue weighted by Crippen LogP contribution is -2.30. The molecule has 0 aliphatic heterocycles. The fourth-order valence-corrected chi connectivity index (χ4v) is 2.28. The van der Waals surface area contributed by atoms with Crippen molar-refractivity contribution < 1.29 is 9.84 Å². The van der Waals surface area contributed by atoms with Crippen LogP contribution in [0.1, 0.15) is 22.8 Å². The van der Waals surface area contributed by atoms with Gasteiger partial charge in [-0.25, -0.2) is 0 Å². The molecule has 3 heteroatoms. The van der Waals surface area contributed by atoms with Crippen LogP contribution < -0.4 is 5.73 Å². The summed E-state index contributed by atoms with van der Waals surface area (Å²) in [5.41, 5.74) is 9.13. The van der Waals surface area contributed by atoms with Gasteiger partial charge in [-0.15, -0.1) is 0 Å². The van der Waals surface area contributed by atoms with Crippen molar-refractivity contribution in [3.63, 3.8) is 0 Å². The fraction of sp³-hybridized carbons (Fsp3) is 0.294. The predicted octanol–water partition coefficient (Wildman–Crippen LogP) is 2.44. The van der Waals surface area contributed by atoms with Gasteiger partial charge in [-0.1, -0.05) is 54.6 Å². The largest absolute Gasteiger partial charge is 0.387 e. The Balaban J connectivity index is 2.06. The summed E-state index contributed by atoms with van der Waals surface area (Å²) in [7, 11) is 1.66. The van der Waals surface area contributed by atoms with Crippen molar-refractivity contribution in [2.45, 2.75) is 25.2 Å². The summed E-state index contributed by atoms with van der Waals surface area (Å²) in [5.74, 6) is 0. The van der Waals surface area contributed by atoms with E-state index in [9.17, 15) is 5.11 Å². The second-order valence-corrected chi connectivity index (χ2v) is 4.98. The zero-order valence-electron chi connectivity index (χ0n) is 11.7. The Bertz CT molecular complexity index is 528. The number of aliphatic hydroxyl groups excluding tert-OH is 1. The summed E-state index contributed by atoms with van der Waals surface area (Å²) in [4.78, 5) is 0. The first-order chi connectivity index (χ1) is 9.70. The highest BCUT2D eigenvalue weighted by Gasteiger charge is 2.17. The smallest absolute Gasteiger partial charge is 0.0944 e. The van der Waals surface area contributed by atoms with Gasteiger partial charge in [0.15, 0.2) is 0 Å². The van der Waals surface area contributed by atoms with Crippen LogP contribution in [0.2, 0.25) is 0 Å². The molecule has 0 saturated carbocycles. The number of ether oxygens (including phenoxy) is 1. The molecule has 0 aliphatic rings. The first-order valence-electron chi connectivity index (χ1n) is 6.76. The van der Waals surface area contributed by atoms with Crippen LogP contribution in [0.25, 0.3) is 0 Å². The maximum absolute atomic E-state index is 10.4. The van der Waals surface area contributed by atoms with Crippen molar-refractivity contribution in [3.05, 3.63) is 71.3 Å². The third kappa shape index (κ3) is 3.90. The number of benzene rings is 2. The Morgan fingerprint density at radius 3 is 2.45 bits per heavy atom. The van der Waals surface area contributed by atoms with Crippen molar-refractivity contribution in [1.29, 1.82) is 0 Å². The first kappa shape index (κ1) is 14.7. The van der Waals surface area contributed by atoms with Gasteiger partial charge < -0.3 is 15.6 Å². The van der Waals surface area contributed by atoms with E-state index in [1.54, 1.807) is 7.11 Å². The number of hydrogen-bond acceptors (Lipinski definition) is 3. The Hall–Kier alpha value is -1.68. The van der Waals surface area contributed by atoms with Gasteiger partial charge in [0.1, 0.15) is 0 Å². The summed E-state index contributed by atoms with van der Waals surface area (Å²) < 4.78 is 5.11. The molecule has 2 rings (SSSR count). The molecule has 0 bridgehead atoms. The molecule has 0 spiro atoms. The van der Waals surface area contributed by atoms with Crippen LogP contribution >= 0.6 is 0 Å². The van der Waals surface area contributed by atoms with Gasteiger partial charge in [-0.3, -0.25) is 0 Å². The average Bonchev–Trinajstić information content (AvgIpc) is 2.48. The molecule has 2 unspecified atom stereocenters. The zero-order chi connectivity index (χ0) is 14.4. The van der Waals surface area contributed by atoms with Crippen LogP contribution in [-0.4, -0.2) is 18.3 Å². The molecule has 2 atom stereocenters. The molecule has 20 heavy (non-hydrogen) atoms. The Morgan fingerprint density at radius 1 is 1.05 bits per heavy atom. The number of aliphatic hydroxyl groups is 1. The second-order valence-electron chi connectivity index (χ2n) is 4.98. The quantitative estimate of drug-likeness (QED) is 0.848. The maximum atomic E-state index is 10.4. The third-order valence-electron chi connectivity index (χ3n) is 3.32. The fourth-order valence-electron chi connectivity index (χ4n) is 2.28. The first-order valence-corrected chi connectivity index (χ1v) is 6.76. The highest BCUT2D eigenvalue weighted by molar-refractivity contribution is 5.26. The Kier molecular flexibility index (Phi) is 5.30. The summed E-state index contributed by atoms with van der Waals surface area (Å²) in [6.07, 6.45) is -0.0247. The highest BCUT2D eigenvalue weighted by atomic mass is 16.5. The zero-order valence-corrected chi connectivity index (χ0v) is 11.7. The van der Waals surface area contributed by atoms with Crippen LogP contribution in [0.5, 0.6) is 0 Å². The van der Waals surface area contributed by atoms with E-state index < -0.39 is 6.10 Å². The van der Waals surface area contributed by atoms with Crippen molar-refractivity contribution in [2.24, 2.45) is 5.73 Å². The number of methoxy groups -OCH3 is 1. The lowest BCUT2D eigenvalue weighted by Gasteiger charge is -2.20. The van der Waals surface area contributed by atoms with E-state index in [0.29, 0.717) is 13.0 Å². The molecule has 2 aromatic rings. The molecule has 0 fully saturated rings. The third-order valence-corrected chi connectivity index (χ3v) is 3.32. The highest BCUT2D eigenvalue weighted by Crippen LogP contribution is 2.20. The van der Waals surface area contributed by atoms with E-state index in [4.69, 9.17) is 10.5 Å². The van der Waals surface area contributed by atoms with Crippen LogP contribution in [0.4, 0.5) is 0 Å². The molecule has 0 saturated heterocycles. The van der Waals surface area contributed by atoms with Crippen LogP contribution in [0, 0.1) is 0 Å². The maximum Gasteiger partial charge on any atom is 0.0944 e. The van der Waals surface area contributed by atoms with Gasteiger partial charge in [0.2, 0.25) is 0 Å². The molecule has 3 N–H and O–H groups in total. The topological polar surface area (TPSA) is 55.5 Å². The van der Waals surface area contributed by atoms with E-state index in [0.717, 1.165) is 16.7 Å². The molecule has 2 aromatic carbocycles. The number of nitrogens with two attached hydrogens (primary N) is 1. The van der Waals surface area contributed by atoms with Gasteiger partial charge in [0, 0.05) is 13.2 Å². The summed E-state index contributed by atoms with van der Waals surface area (Å²) in [6.45, 7) is 0.536. The minimum absolute atomic E-state index is 0.324. The minimum Gasteiger partial charge on any atom is -0.387 e. The van der Waals surface area contributed by atoms with Gasteiger partial charge in [0.25, 0.3) is 0 Å². The lowest BCUT2D eigenvalue weighted by molar-refractivity contribution is 0.145. The summed E-state index contributed by atoms with van der Waals surface area (Å²) in [6, 6.07) is 17.4. The van der Waals surface area contributed by atoms with E-state index in [2.05, 4.69) is 0 Å². The van der Waals surface area contributed by atoms with Gasteiger partial charge in [-0.2, -0.15) is 0 Å². The molecule has 0 heterocycles. The van der Waals surface area contributed by atoms with Gasteiger partial charge >= 0.3 is 0 Å². The van der Waals surface area contributed by atoms with Crippen molar-refractivity contribution in [3.8, 4) is 0 Å². The second kappa shape index (κ2) is 7.20. The summed E-state index contributed by atoms with van der Waals surface area (Å²) in [5, 5.41) is 10.4. The minimum atomic E-state index is -0.674. The van der Waals surface area contributed by atoms with E-state index in [-0.39, 0.29) is 6.04 Å². The van der Waals surface area contributed by atoms with Crippen LogP contribution in [0.15, 0.2) is 54.6 Å². The van der Waals surface area contributed by atoms with Gasteiger partial charge in [-0.05, 0) is 23.1 Å². The Labute approximate surface area is 120 Å². The molecule has 0 amide bonds. The standard InChI is InChI=1S/C17H21NO2/c1-20-12-14-8-5-9-15(10-14)17(19)16(18)11-13-6-3-2-4-7-13/h2-10,16-17,19H,11-12,18H2,1H3. The van der Waals surface area contributed by atoms with E-state index >= 15 is 0 Å². The normalized spacial score (nSPS) is 13.9. The predicted molar refractivity (Wildman–Crippen MR) is 80.2 cm³/mol. The van der Waals surface area contributed by atoms with Crippen LogP contribution in [0.3, 0.4) is 0 Å². The molecular formula is C17H21NO2. The molecule has 0 radical (unpaired) electrons. The van der Waals surface area contributed by atoms with E-state index in [1.165, 1.54) is 0 Å². The van der Waals surface area contributed by atoms with Crippen LogP contribution in [-0.2, 0) is 17.8 Å². The number of rotatable bonds is 6. The molecule has 0 aromatic heterocycles. The van der Waals surface area contributed by atoms with Crippen molar-refractivity contribution >= 4 is 0 Å². The van der Waals surface area contributed by atoms with Crippen molar-refractivity contribution in [2.75, 3.05) is 7.11 Å². The molecule has 0 aliphatic carbocycles. The SMILES string of the molecule is COCc1cccc(C(O)C(N)Cc2ccccc2)c1. The van der Waals surface area contributed by atoms with Gasteiger partial charge in [0.05, 0.1) is 12.7 Å². The average molecular weight is 271 g/mol. The summed E-state index contributed by atoms with van der Waals surface area (Å²) >= 11 is 0. The lowest BCUT2D eigenvalue weighted by atomic mass is 9.96. The molecule has 106 valence electrons. The molecular weight excluding hydrogens is 250 g/mol. The van der Waals surface area contributed by atoms with Crippen molar-refractivity contribution in [1.82, 2.24) is 0 Å². The monoisotopic (exact) mass is 271 g/mol. The Morgan fingerprint density at radius 2 is 1.75 bits per heavy atom. The molecule has 3 nitrogen and oxygen atoms in total.